The molecule has 1 aromatic heterocycles. The topological polar surface area (TPSA) is 68.3 Å². The van der Waals surface area contributed by atoms with Gasteiger partial charge >= 0.3 is 5.97 Å². The molecule has 20 heavy (non-hydrogen) atoms. The Morgan fingerprint density at radius 1 is 1.15 bits per heavy atom. The SMILES string of the molecule is CC(=O)Oc1ccccc1C(=O)NCc1ccccn1. The lowest BCUT2D eigenvalue weighted by Gasteiger charge is -2.09. The highest BCUT2D eigenvalue weighted by atomic mass is 16.5. The minimum absolute atomic E-state index is 0.249. The first-order valence-electron chi connectivity index (χ1n) is 6.12. The molecule has 0 aliphatic heterocycles. The van der Waals surface area contributed by atoms with Crippen molar-refractivity contribution in [1.29, 1.82) is 0 Å². The maximum atomic E-state index is 12.1. The molecule has 0 saturated carbocycles. The van der Waals surface area contributed by atoms with E-state index in [9.17, 15) is 9.59 Å². The highest BCUT2D eigenvalue weighted by molar-refractivity contribution is 5.97. The van der Waals surface area contributed by atoms with E-state index < -0.39 is 5.97 Å². The molecule has 0 atom stereocenters. The Bertz CT molecular complexity index is 612. The summed E-state index contributed by atoms with van der Waals surface area (Å²) >= 11 is 0. The molecule has 102 valence electrons. The summed E-state index contributed by atoms with van der Waals surface area (Å²) < 4.78 is 5.00. The highest BCUT2D eigenvalue weighted by Gasteiger charge is 2.13. The second-order valence-corrected chi connectivity index (χ2v) is 4.09. The first kappa shape index (κ1) is 13.7. The highest BCUT2D eigenvalue weighted by Crippen LogP contribution is 2.18. The molecule has 1 amide bonds. The Kier molecular flexibility index (Phi) is 4.44. The summed E-state index contributed by atoms with van der Waals surface area (Å²) in [5, 5.41) is 2.74. The molecule has 0 unspecified atom stereocenters. The third kappa shape index (κ3) is 3.65. The Morgan fingerprint density at radius 2 is 1.90 bits per heavy atom. The molecular formula is C15H14N2O3. The van der Waals surface area contributed by atoms with Crippen molar-refractivity contribution in [2.24, 2.45) is 0 Å². The standard InChI is InChI=1S/C15H14N2O3/c1-11(18)20-14-8-3-2-7-13(14)15(19)17-10-12-6-4-5-9-16-12/h2-9H,10H2,1H3,(H,17,19). The number of pyridine rings is 1. The van der Waals surface area contributed by atoms with Gasteiger partial charge in [0.1, 0.15) is 5.75 Å². The van der Waals surface area contributed by atoms with Crippen LogP contribution in [0.1, 0.15) is 23.0 Å². The molecule has 0 spiro atoms. The molecule has 0 aliphatic rings. The quantitative estimate of drug-likeness (QED) is 0.681. The molecule has 5 nitrogen and oxygen atoms in total. The average molecular weight is 270 g/mol. The van der Waals surface area contributed by atoms with E-state index in [1.807, 2.05) is 12.1 Å². The predicted molar refractivity (Wildman–Crippen MR) is 73.2 cm³/mol. The number of aromatic nitrogens is 1. The van der Waals surface area contributed by atoms with Crippen molar-refractivity contribution in [3.63, 3.8) is 0 Å². The van der Waals surface area contributed by atoms with Gasteiger partial charge in [0.15, 0.2) is 0 Å². The fourth-order valence-electron chi connectivity index (χ4n) is 1.67. The molecule has 0 radical (unpaired) electrons. The summed E-state index contributed by atoms with van der Waals surface area (Å²) in [5.74, 6) is -0.527. The number of nitrogens with zero attached hydrogens (tertiary/aromatic N) is 1. The van der Waals surface area contributed by atoms with Gasteiger partial charge in [-0.05, 0) is 24.3 Å². The molecule has 0 fully saturated rings. The molecule has 0 saturated heterocycles. The maximum Gasteiger partial charge on any atom is 0.308 e. The number of para-hydroxylation sites is 1. The summed E-state index contributed by atoms with van der Waals surface area (Å²) in [5.41, 5.74) is 1.07. The van der Waals surface area contributed by atoms with E-state index in [1.165, 1.54) is 6.92 Å². The summed E-state index contributed by atoms with van der Waals surface area (Å²) in [7, 11) is 0. The number of hydrogen-bond acceptors (Lipinski definition) is 4. The van der Waals surface area contributed by atoms with Crippen molar-refractivity contribution < 1.29 is 14.3 Å². The molecule has 2 aromatic rings. The zero-order valence-corrected chi connectivity index (χ0v) is 11.0. The lowest BCUT2D eigenvalue weighted by molar-refractivity contribution is -0.131. The molecule has 5 heteroatoms. The number of rotatable bonds is 4. The van der Waals surface area contributed by atoms with Crippen LogP contribution in [0.25, 0.3) is 0 Å². The van der Waals surface area contributed by atoms with Crippen LogP contribution in [-0.2, 0) is 11.3 Å². The van der Waals surface area contributed by atoms with Crippen LogP contribution in [0.15, 0.2) is 48.7 Å². The lowest BCUT2D eigenvalue weighted by Crippen LogP contribution is -2.24. The second-order valence-electron chi connectivity index (χ2n) is 4.09. The van der Waals surface area contributed by atoms with Crippen LogP contribution in [0.5, 0.6) is 5.75 Å². The van der Waals surface area contributed by atoms with Crippen LogP contribution < -0.4 is 10.1 Å². The molecule has 1 aromatic carbocycles. The van der Waals surface area contributed by atoms with Gasteiger partial charge in [-0.15, -0.1) is 0 Å². The summed E-state index contributed by atoms with van der Waals surface area (Å²) in [4.78, 5) is 27.2. The van der Waals surface area contributed by atoms with Crippen molar-refractivity contribution >= 4 is 11.9 Å². The van der Waals surface area contributed by atoms with Gasteiger partial charge in [0.05, 0.1) is 17.8 Å². The first-order chi connectivity index (χ1) is 9.66. The van der Waals surface area contributed by atoms with E-state index in [0.717, 1.165) is 5.69 Å². The van der Waals surface area contributed by atoms with Gasteiger partial charge in [0.25, 0.3) is 5.91 Å². The van der Waals surface area contributed by atoms with Crippen molar-refractivity contribution in [2.45, 2.75) is 13.5 Å². The van der Waals surface area contributed by atoms with Crippen LogP contribution in [0.2, 0.25) is 0 Å². The minimum atomic E-state index is -0.463. The monoisotopic (exact) mass is 270 g/mol. The molecular weight excluding hydrogens is 256 g/mol. The number of amides is 1. The van der Waals surface area contributed by atoms with E-state index in [1.54, 1.807) is 36.5 Å². The third-order valence-corrected chi connectivity index (χ3v) is 2.54. The summed E-state index contributed by atoms with van der Waals surface area (Å²) in [6.07, 6.45) is 1.66. The fourth-order valence-corrected chi connectivity index (χ4v) is 1.67. The van der Waals surface area contributed by atoms with Crippen LogP contribution in [0.4, 0.5) is 0 Å². The molecule has 1 heterocycles. The molecule has 1 N–H and O–H groups in total. The Morgan fingerprint density at radius 3 is 2.60 bits per heavy atom. The number of esters is 1. The van der Waals surface area contributed by atoms with Crippen molar-refractivity contribution in [2.75, 3.05) is 0 Å². The zero-order valence-electron chi connectivity index (χ0n) is 11.0. The van der Waals surface area contributed by atoms with Gasteiger partial charge in [-0.1, -0.05) is 18.2 Å². The van der Waals surface area contributed by atoms with Crippen LogP contribution in [0, 0.1) is 0 Å². The van der Waals surface area contributed by atoms with Crippen molar-refractivity contribution in [1.82, 2.24) is 10.3 Å². The Hall–Kier alpha value is -2.69. The number of nitrogens with one attached hydrogen (secondary N) is 1. The zero-order chi connectivity index (χ0) is 14.4. The number of hydrogen-bond donors (Lipinski definition) is 1. The number of carbonyl (C=O) groups is 2. The Balaban J connectivity index is 2.07. The van der Waals surface area contributed by atoms with Gasteiger partial charge in [-0.3, -0.25) is 14.6 Å². The smallest absolute Gasteiger partial charge is 0.308 e. The van der Waals surface area contributed by atoms with Gasteiger partial charge in [0.2, 0.25) is 0 Å². The number of carbonyl (C=O) groups excluding carboxylic acids is 2. The maximum absolute atomic E-state index is 12.1. The summed E-state index contributed by atoms with van der Waals surface area (Å²) in [6.45, 7) is 1.61. The Labute approximate surface area is 116 Å². The largest absolute Gasteiger partial charge is 0.426 e. The normalized spacial score (nSPS) is 9.85. The van der Waals surface area contributed by atoms with Crippen LogP contribution >= 0.6 is 0 Å². The third-order valence-electron chi connectivity index (χ3n) is 2.54. The van der Waals surface area contributed by atoms with E-state index in [0.29, 0.717) is 12.1 Å². The first-order valence-corrected chi connectivity index (χ1v) is 6.12. The molecule has 2 rings (SSSR count). The van der Waals surface area contributed by atoms with E-state index in [-0.39, 0.29) is 11.7 Å². The van der Waals surface area contributed by atoms with E-state index in [2.05, 4.69) is 10.3 Å². The van der Waals surface area contributed by atoms with Crippen molar-refractivity contribution in [3.8, 4) is 5.75 Å². The van der Waals surface area contributed by atoms with E-state index in [4.69, 9.17) is 4.74 Å². The fraction of sp³-hybridized carbons (Fsp3) is 0.133. The van der Waals surface area contributed by atoms with Crippen LogP contribution in [-0.4, -0.2) is 16.9 Å². The number of ether oxygens (including phenoxy) is 1. The van der Waals surface area contributed by atoms with E-state index >= 15 is 0 Å². The van der Waals surface area contributed by atoms with Crippen LogP contribution in [0.3, 0.4) is 0 Å². The minimum Gasteiger partial charge on any atom is -0.426 e. The van der Waals surface area contributed by atoms with Gasteiger partial charge in [-0.2, -0.15) is 0 Å². The average Bonchev–Trinajstić information content (AvgIpc) is 2.46. The molecule has 0 aliphatic carbocycles. The van der Waals surface area contributed by atoms with Gasteiger partial charge < -0.3 is 10.1 Å². The van der Waals surface area contributed by atoms with Crippen molar-refractivity contribution in [3.05, 3.63) is 59.9 Å². The lowest BCUT2D eigenvalue weighted by atomic mass is 10.2. The van der Waals surface area contributed by atoms with Gasteiger partial charge in [0, 0.05) is 13.1 Å². The summed E-state index contributed by atoms with van der Waals surface area (Å²) in [6, 6.07) is 12.1. The predicted octanol–water partition coefficient (Wildman–Crippen LogP) is 1.94. The molecule has 0 bridgehead atoms. The van der Waals surface area contributed by atoms with Gasteiger partial charge in [-0.25, -0.2) is 0 Å². The second kappa shape index (κ2) is 6.47. The number of benzene rings is 1.